The minimum atomic E-state index is -0.450. The summed E-state index contributed by atoms with van der Waals surface area (Å²) >= 11 is 0. The predicted octanol–water partition coefficient (Wildman–Crippen LogP) is 5.49. The Hall–Kier alpha value is -2.44. The lowest BCUT2D eigenvalue weighted by Crippen LogP contribution is -2.40. The van der Waals surface area contributed by atoms with Crippen molar-refractivity contribution in [1.29, 1.82) is 0 Å². The number of carbonyl (C=O) groups excluding carboxylic acids is 1. The number of benzene rings is 1. The van der Waals surface area contributed by atoms with Gasteiger partial charge in [-0.15, -0.1) is 0 Å². The molecule has 1 aromatic carbocycles. The first-order chi connectivity index (χ1) is 15.5. The van der Waals surface area contributed by atoms with Crippen LogP contribution in [0.1, 0.15) is 69.1 Å². The number of rotatable bonds is 10. The Kier molecular flexibility index (Phi) is 9.87. The molecule has 0 bridgehead atoms. The molecule has 0 saturated carbocycles. The van der Waals surface area contributed by atoms with Gasteiger partial charge in [0.2, 0.25) is 0 Å². The first kappa shape index (κ1) is 26.8. The van der Waals surface area contributed by atoms with Gasteiger partial charge in [0.15, 0.2) is 0 Å². The van der Waals surface area contributed by atoms with Gasteiger partial charge in [-0.3, -0.25) is 4.98 Å². The van der Waals surface area contributed by atoms with E-state index in [-0.39, 0.29) is 18.8 Å². The summed E-state index contributed by atoms with van der Waals surface area (Å²) in [5.41, 5.74) is 6.62. The van der Waals surface area contributed by atoms with Crippen molar-refractivity contribution in [3.63, 3.8) is 0 Å². The predicted molar refractivity (Wildman–Crippen MR) is 132 cm³/mol. The molecule has 182 valence electrons. The Morgan fingerprint density at radius 1 is 1.09 bits per heavy atom. The van der Waals surface area contributed by atoms with Crippen LogP contribution in [-0.4, -0.2) is 34.9 Å². The van der Waals surface area contributed by atoms with Crippen molar-refractivity contribution in [2.75, 3.05) is 13.2 Å². The van der Waals surface area contributed by atoms with Crippen molar-refractivity contribution in [2.24, 2.45) is 5.92 Å². The topological polar surface area (TPSA) is 80.7 Å². The second-order valence-electron chi connectivity index (χ2n) is 10.0. The summed E-state index contributed by atoms with van der Waals surface area (Å²) in [5.74, 6) is 0.400. The van der Waals surface area contributed by atoms with Gasteiger partial charge in [-0.05, 0) is 64.5 Å². The molecule has 0 aliphatic heterocycles. The highest BCUT2D eigenvalue weighted by Crippen LogP contribution is 2.34. The van der Waals surface area contributed by atoms with Gasteiger partial charge < -0.3 is 19.9 Å². The van der Waals surface area contributed by atoms with E-state index in [1.54, 1.807) is 0 Å². The summed E-state index contributed by atoms with van der Waals surface area (Å²) in [7, 11) is 0. The molecule has 6 nitrogen and oxygen atoms in total. The average molecular weight is 457 g/mol. The largest absolute Gasteiger partial charge is 0.445 e. The summed E-state index contributed by atoms with van der Waals surface area (Å²) in [6.45, 7) is 15.2. The maximum atomic E-state index is 12.5. The third kappa shape index (κ3) is 8.45. The van der Waals surface area contributed by atoms with Gasteiger partial charge in [-0.1, -0.05) is 43.7 Å². The fraction of sp³-hybridized carbons (Fsp3) is 0.556. The molecule has 0 spiro atoms. The zero-order valence-electron chi connectivity index (χ0n) is 21.2. The number of carbonyl (C=O) groups is 1. The highest BCUT2D eigenvalue weighted by atomic mass is 16.5. The molecular formula is C27H40N2O4. The number of hydrogen-bond donors (Lipinski definition) is 2. The molecule has 0 atom stereocenters. The van der Waals surface area contributed by atoms with E-state index >= 15 is 0 Å². The Bertz CT molecular complexity index is 915. The van der Waals surface area contributed by atoms with Crippen molar-refractivity contribution in [3.8, 4) is 11.1 Å². The van der Waals surface area contributed by atoms with Crippen LogP contribution in [0.2, 0.25) is 0 Å². The van der Waals surface area contributed by atoms with Crippen LogP contribution in [0.25, 0.3) is 11.1 Å². The molecule has 1 heterocycles. The lowest BCUT2D eigenvalue weighted by Gasteiger charge is -2.23. The Labute approximate surface area is 198 Å². The number of nitrogens with one attached hydrogen (secondary N) is 1. The first-order valence-electron chi connectivity index (χ1n) is 11.7. The number of hydrogen-bond acceptors (Lipinski definition) is 5. The summed E-state index contributed by atoms with van der Waals surface area (Å²) in [4.78, 5) is 17.4. The van der Waals surface area contributed by atoms with Crippen LogP contribution in [-0.2, 0) is 29.1 Å². The molecule has 0 unspecified atom stereocenters. The van der Waals surface area contributed by atoms with E-state index in [4.69, 9.17) is 19.6 Å². The number of ether oxygens (including phenoxy) is 2. The standard InChI is InChI=1S/C27H40N2O4/c1-18(2)15-24-23(17-33-26(31)29-27(5,6)7)25(21-11-9-19(3)10-12-21)22(20(4)28-24)16-32-14-8-13-30/h9-12,18,30H,8,13-17H2,1-7H3,(H,29,31). The zero-order valence-corrected chi connectivity index (χ0v) is 21.2. The van der Waals surface area contributed by atoms with E-state index in [0.717, 1.165) is 40.1 Å². The summed E-state index contributed by atoms with van der Waals surface area (Å²) in [5, 5.41) is 12.0. The number of aliphatic hydroxyl groups is 1. The van der Waals surface area contributed by atoms with E-state index in [1.807, 2.05) is 27.7 Å². The second kappa shape index (κ2) is 12.1. The van der Waals surface area contributed by atoms with Gasteiger partial charge in [0.1, 0.15) is 6.61 Å². The zero-order chi connectivity index (χ0) is 24.6. The summed E-state index contributed by atoms with van der Waals surface area (Å²) in [6.07, 6.45) is 0.917. The van der Waals surface area contributed by atoms with Gasteiger partial charge in [0.05, 0.1) is 6.61 Å². The van der Waals surface area contributed by atoms with Crippen molar-refractivity contribution in [2.45, 2.75) is 80.1 Å². The van der Waals surface area contributed by atoms with Crippen molar-refractivity contribution >= 4 is 6.09 Å². The number of aromatic nitrogens is 1. The maximum absolute atomic E-state index is 12.5. The molecule has 0 fully saturated rings. The van der Waals surface area contributed by atoms with E-state index < -0.39 is 6.09 Å². The number of aryl methyl sites for hydroxylation is 2. The highest BCUT2D eigenvalue weighted by molar-refractivity contribution is 5.74. The Morgan fingerprint density at radius 3 is 2.33 bits per heavy atom. The maximum Gasteiger partial charge on any atom is 0.407 e. The molecule has 1 amide bonds. The van der Waals surface area contributed by atoms with Crippen LogP contribution in [0.15, 0.2) is 24.3 Å². The second-order valence-corrected chi connectivity index (χ2v) is 10.0. The molecule has 2 aromatic rings. The van der Waals surface area contributed by atoms with Crippen molar-refractivity contribution < 1.29 is 19.4 Å². The smallest absolute Gasteiger partial charge is 0.407 e. The van der Waals surface area contributed by atoms with Gasteiger partial charge in [0, 0.05) is 41.3 Å². The van der Waals surface area contributed by atoms with Crippen molar-refractivity contribution in [3.05, 3.63) is 52.3 Å². The number of pyridine rings is 1. The Morgan fingerprint density at radius 2 is 1.76 bits per heavy atom. The van der Waals surface area contributed by atoms with Crippen LogP contribution < -0.4 is 5.32 Å². The van der Waals surface area contributed by atoms with Gasteiger partial charge in [-0.25, -0.2) is 4.79 Å². The van der Waals surface area contributed by atoms with E-state index in [0.29, 0.717) is 25.6 Å². The van der Waals surface area contributed by atoms with Gasteiger partial charge in [0.25, 0.3) is 0 Å². The van der Waals surface area contributed by atoms with E-state index in [2.05, 4.69) is 50.4 Å². The number of aliphatic hydroxyl groups excluding tert-OH is 1. The van der Waals surface area contributed by atoms with Crippen LogP contribution in [0.3, 0.4) is 0 Å². The molecule has 2 N–H and O–H groups in total. The number of nitrogens with zero attached hydrogens (tertiary/aromatic N) is 1. The highest BCUT2D eigenvalue weighted by Gasteiger charge is 2.22. The molecule has 0 radical (unpaired) electrons. The summed E-state index contributed by atoms with van der Waals surface area (Å²) in [6, 6.07) is 8.36. The quantitative estimate of drug-likeness (QED) is 0.462. The molecule has 2 rings (SSSR count). The molecule has 1 aromatic heterocycles. The van der Waals surface area contributed by atoms with E-state index in [9.17, 15) is 4.79 Å². The molecule has 0 saturated heterocycles. The number of amides is 1. The molecule has 6 heteroatoms. The third-order valence-corrected chi connectivity index (χ3v) is 5.15. The fourth-order valence-electron chi connectivity index (χ4n) is 3.62. The van der Waals surface area contributed by atoms with Crippen LogP contribution in [0.5, 0.6) is 0 Å². The SMILES string of the molecule is Cc1ccc(-c2c(COCCCO)c(C)nc(CC(C)C)c2COC(=O)NC(C)(C)C)cc1. The Balaban J connectivity index is 2.56. The first-order valence-corrected chi connectivity index (χ1v) is 11.7. The molecular weight excluding hydrogens is 416 g/mol. The number of alkyl carbamates (subject to hydrolysis) is 1. The molecule has 0 aliphatic carbocycles. The molecule has 33 heavy (non-hydrogen) atoms. The summed E-state index contributed by atoms with van der Waals surface area (Å²) < 4.78 is 11.6. The van der Waals surface area contributed by atoms with Gasteiger partial charge in [-0.2, -0.15) is 0 Å². The van der Waals surface area contributed by atoms with Crippen molar-refractivity contribution in [1.82, 2.24) is 10.3 Å². The normalized spacial score (nSPS) is 11.7. The lowest BCUT2D eigenvalue weighted by atomic mass is 9.90. The average Bonchev–Trinajstić information content (AvgIpc) is 2.70. The minimum absolute atomic E-state index is 0.0946. The minimum Gasteiger partial charge on any atom is -0.445 e. The monoisotopic (exact) mass is 456 g/mol. The third-order valence-electron chi connectivity index (χ3n) is 5.15. The van der Waals surface area contributed by atoms with Gasteiger partial charge >= 0.3 is 6.09 Å². The fourth-order valence-corrected chi connectivity index (χ4v) is 3.62. The van der Waals surface area contributed by atoms with E-state index in [1.165, 1.54) is 5.56 Å². The molecule has 0 aliphatic rings. The van der Waals surface area contributed by atoms with Crippen LogP contribution in [0.4, 0.5) is 4.79 Å². The van der Waals surface area contributed by atoms with Crippen LogP contribution >= 0.6 is 0 Å². The lowest BCUT2D eigenvalue weighted by molar-refractivity contribution is 0.104. The van der Waals surface area contributed by atoms with Crippen LogP contribution in [0, 0.1) is 19.8 Å².